The van der Waals surface area contributed by atoms with Gasteiger partial charge in [0.2, 0.25) is 5.95 Å². The Balaban J connectivity index is 2.12. The minimum Gasteiger partial charge on any atom is -0.421 e. The summed E-state index contributed by atoms with van der Waals surface area (Å²) in [7, 11) is 0. The first kappa shape index (κ1) is 17.7. The molecule has 0 aliphatic rings. The summed E-state index contributed by atoms with van der Waals surface area (Å²) in [6.45, 7) is 4.13. The summed E-state index contributed by atoms with van der Waals surface area (Å²) >= 11 is 0. The predicted octanol–water partition coefficient (Wildman–Crippen LogP) is 4.35. The van der Waals surface area contributed by atoms with E-state index in [2.05, 4.69) is 33.8 Å². The van der Waals surface area contributed by atoms with Gasteiger partial charge >= 0.3 is 6.01 Å². The summed E-state index contributed by atoms with van der Waals surface area (Å²) in [6.07, 6.45) is 7.81. The van der Waals surface area contributed by atoms with Gasteiger partial charge < -0.3 is 10.5 Å². The highest BCUT2D eigenvalue weighted by atomic mass is 19.1. The highest BCUT2D eigenvalue weighted by Gasteiger charge is 2.22. The molecule has 1 aromatic carbocycles. The van der Waals surface area contributed by atoms with E-state index in [4.69, 9.17) is 10.5 Å². The lowest BCUT2D eigenvalue weighted by molar-refractivity contribution is 0.400. The lowest BCUT2D eigenvalue weighted by atomic mass is 9.91. The molecule has 0 atom stereocenters. The summed E-state index contributed by atoms with van der Waals surface area (Å²) in [5.74, 6) is -0.0497. The smallest absolute Gasteiger partial charge is 0.321 e. The molecule has 3 rings (SSSR count). The van der Waals surface area contributed by atoms with E-state index in [1.807, 2.05) is 6.07 Å². The van der Waals surface area contributed by atoms with E-state index in [-0.39, 0.29) is 23.6 Å². The average Bonchev–Trinajstić information content (AvgIpc) is 2.67. The zero-order valence-corrected chi connectivity index (χ0v) is 14.7. The van der Waals surface area contributed by atoms with E-state index in [1.165, 1.54) is 12.4 Å². The van der Waals surface area contributed by atoms with Crippen molar-refractivity contribution >= 4 is 5.95 Å². The number of nitrogens with two attached hydrogens (primary N) is 1. The van der Waals surface area contributed by atoms with Crippen LogP contribution in [0.25, 0.3) is 11.1 Å². The molecular formula is C19H20FN5O. The van der Waals surface area contributed by atoms with E-state index in [9.17, 15) is 0 Å². The topological polar surface area (TPSA) is 86.8 Å². The van der Waals surface area contributed by atoms with Crippen LogP contribution in [0.2, 0.25) is 0 Å². The van der Waals surface area contributed by atoms with Crippen molar-refractivity contribution in [3.63, 3.8) is 0 Å². The molecule has 0 aliphatic carbocycles. The molecule has 0 radical (unpaired) electrons. The highest BCUT2D eigenvalue weighted by Crippen LogP contribution is 2.39. The van der Waals surface area contributed by atoms with Crippen LogP contribution in [0, 0.1) is 5.82 Å². The second-order valence-corrected chi connectivity index (χ2v) is 5.82. The Kier molecular flexibility index (Phi) is 5.36. The molecule has 0 saturated carbocycles. The fourth-order valence-electron chi connectivity index (χ4n) is 2.85. The van der Waals surface area contributed by atoms with Crippen LogP contribution in [0.1, 0.15) is 38.2 Å². The molecule has 134 valence electrons. The van der Waals surface area contributed by atoms with Crippen LogP contribution in [0.5, 0.6) is 11.8 Å². The second-order valence-electron chi connectivity index (χ2n) is 5.82. The summed E-state index contributed by atoms with van der Waals surface area (Å²) in [6, 6.07) is 5.37. The van der Waals surface area contributed by atoms with E-state index >= 15 is 4.39 Å². The van der Waals surface area contributed by atoms with E-state index < -0.39 is 5.82 Å². The number of rotatable bonds is 6. The van der Waals surface area contributed by atoms with Crippen LogP contribution >= 0.6 is 0 Å². The molecule has 0 saturated heterocycles. The molecule has 0 aliphatic heterocycles. The van der Waals surface area contributed by atoms with Gasteiger partial charge in [0.05, 0.1) is 0 Å². The molecule has 6 nitrogen and oxygen atoms in total. The number of benzene rings is 1. The van der Waals surface area contributed by atoms with Gasteiger partial charge in [-0.1, -0.05) is 26.0 Å². The van der Waals surface area contributed by atoms with Gasteiger partial charge in [-0.05, 0) is 24.8 Å². The van der Waals surface area contributed by atoms with Crippen LogP contribution < -0.4 is 10.5 Å². The molecule has 0 unspecified atom stereocenters. The monoisotopic (exact) mass is 353 g/mol. The molecule has 2 N–H and O–H groups in total. The maximum Gasteiger partial charge on any atom is 0.321 e. The van der Waals surface area contributed by atoms with Gasteiger partial charge in [-0.3, -0.25) is 0 Å². The fourth-order valence-corrected chi connectivity index (χ4v) is 2.85. The first-order valence-corrected chi connectivity index (χ1v) is 8.49. The molecule has 0 fully saturated rings. The molecule has 2 heterocycles. The number of hydrogen-bond donors (Lipinski definition) is 1. The van der Waals surface area contributed by atoms with Gasteiger partial charge in [-0.2, -0.15) is 0 Å². The molecule has 0 bridgehead atoms. The Morgan fingerprint density at radius 2 is 1.69 bits per heavy atom. The van der Waals surface area contributed by atoms with Crippen LogP contribution in [-0.2, 0) is 0 Å². The number of anilines is 1. The number of nitrogen functional groups attached to an aromatic ring is 1. The second kappa shape index (κ2) is 7.86. The number of halogens is 1. The van der Waals surface area contributed by atoms with Gasteiger partial charge in [0, 0.05) is 41.5 Å². The molecule has 0 amide bonds. The first-order chi connectivity index (χ1) is 12.6. The molecule has 26 heavy (non-hydrogen) atoms. The Morgan fingerprint density at radius 1 is 1.04 bits per heavy atom. The average molecular weight is 353 g/mol. The quantitative estimate of drug-likeness (QED) is 0.709. The maximum atomic E-state index is 15.4. The number of aromatic nitrogens is 4. The largest absolute Gasteiger partial charge is 0.421 e. The third-order valence-electron chi connectivity index (χ3n) is 4.27. The highest BCUT2D eigenvalue weighted by molar-refractivity contribution is 5.66. The summed E-state index contributed by atoms with van der Waals surface area (Å²) in [4.78, 5) is 15.9. The maximum absolute atomic E-state index is 15.4. The van der Waals surface area contributed by atoms with Crippen molar-refractivity contribution in [2.75, 3.05) is 5.73 Å². The summed E-state index contributed by atoms with van der Waals surface area (Å²) < 4.78 is 21.1. The molecule has 3 aromatic rings. The fraction of sp³-hybridized carbons (Fsp3) is 0.263. The SMILES string of the molecule is CCC(CC)c1ccc(-c2cnc(N)nc2)c(F)c1Oc1ncccn1. The van der Waals surface area contributed by atoms with Crippen molar-refractivity contribution < 1.29 is 9.13 Å². The lowest BCUT2D eigenvalue weighted by Crippen LogP contribution is -2.04. The van der Waals surface area contributed by atoms with Crippen LogP contribution in [-0.4, -0.2) is 19.9 Å². The van der Waals surface area contributed by atoms with Gasteiger partial charge in [-0.15, -0.1) is 0 Å². The van der Waals surface area contributed by atoms with Crippen LogP contribution in [0.3, 0.4) is 0 Å². The van der Waals surface area contributed by atoms with Crippen molar-refractivity contribution in [1.29, 1.82) is 0 Å². The Bertz CT molecular complexity index is 867. The third kappa shape index (κ3) is 3.61. The zero-order chi connectivity index (χ0) is 18.5. The third-order valence-corrected chi connectivity index (χ3v) is 4.27. The minimum atomic E-state index is -0.491. The van der Waals surface area contributed by atoms with Crippen LogP contribution in [0.15, 0.2) is 43.0 Å². The standard InChI is InChI=1S/C19H20FN5O/c1-3-12(4-2)15-7-6-14(13-10-24-18(21)25-11-13)16(20)17(15)26-19-22-8-5-9-23-19/h5-12H,3-4H2,1-2H3,(H2,21,24,25). The van der Waals surface area contributed by atoms with Crippen molar-refractivity contribution in [2.24, 2.45) is 0 Å². The van der Waals surface area contributed by atoms with Crippen molar-refractivity contribution in [2.45, 2.75) is 32.6 Å². The van der Waals surface area contributed by atoms with Crippen molar-refractivity contribution in [1.82, 2.24) is 19.9 Å². The summed E-state index contributed by atoms with van der Waals surface area (Å²) in [5, 5.41) is 0. The summed E-state index contributed by atoms with van der Waals surface area (Å²) in [5.41, 5.74) is 7.17. The lowest BCUT2D eigenvalue weighted by Gasteiger charge is -2.19. The van der Waals surface area contributed by atoms with Crippen molar-refractivity contribution in [3.05, 3.63) is 54.4 Å². The number of hydrogen-bond acceptors (Lipinski definition) is 6. The van der Waals surface area contributed by atoms with E-state index in [1.54, 1.807) is 24.5 Å². The van der Waals surface area contributed by atoms with Gasteiger partial charge in [0.15, 0.2) is 11.6 Å². The van der Waals surface area contributed by atoms with Crippen molar-refractivity contribution in [3.8, 4) is 22.9 Å². The zero-order valence-electron chi connectivity index (χ0n) is 14.7. The van der Waals surface area contributed by atoms with E-state index in [0.29, 0.717) is 11.1 Å². The molecule has 7 heteroatoms. The first-order valence-electron chi connectivity index (χ1n) is 8.49. The predicted molar refractivity (Wildman–Crippen MR) is 97.3 cm³/mol. The van der Waals surface area contributed by atoms with E-state index in [0.717, 1.165) is 18.4 Å². The Morgan fingerprint density at radius 3 is 2.31 bits per heavy atom. The van der Waals surface area contributed by atoms with Crippen LogP contribution in [0.4, 0.5) is 10.3 Å². The number of nitrogens with zero attached hydrogens (tertiary/aromatic N) is 4. The number of ether oxygens (including phenoxy) is 1. The Hall–Kier alpha value is -3.09. The van der Waals surface area contributed by atoms with Gasteiger partial charge in [0.25, 0.3) is 0 Å². The molecule has 2 aromatic heterocycles. The van der Waals surface area contributed by atoms with Gasteiger partial charge in [0.1, 0.15) is 0 Å². The molecule has 0 spiro atoms. The Labute approximate surface area is 151 Å². The minimum absolute atomic E-state index is 0.101. The molecular weight excluding hydrogens is 333 g/mol. The van der Waals surface area contributed by atoms with Gasteiger partial charge in [-0.25, -0.2) is 24.3 Å². The normalized spacial score (nSPS) is 10.9.